The van der Waals surface area contributed by atoms with Crippen molar-refractivity contribution in [3.63, 3.8) is 0 Å². The molecule has 3 nitrogen and oxygen atoms in total. The molecular formula is C7H7Cl2N3. The summed E-state index contributed by atoms with van der Waals surface area (Å²) in [5.41, 5.74) is 0.748. The van der Waals surface area contributed by atoms with E-state index >= 15 is 0 Å². The Bertz CT molecular complexity index is 288. The lowest BCUT2D eigenvalue weighted by Gasteiger charge is -1.89. The summed E-state index contributed by atoms with van der Waals surface area (Å²) in [6.07, 6.45) is 4.96. The van der Waals surface area contributed by atoms with E-state index in [2.05, 4.69) is 15.0 Å². The minimum atomic E-state index is 0. The Morgan fingerprint density at radius 2 is 1.92 bits per heavy atom. The molecule has 0 fully saturated rings. The molecule has 2 aromatic rings. The standard InChI is InChI=1S/C7H5N3.2ClH/c1-2-6-4-8-5-10-7(6)9-3-1;;/h1-5H;2*1H. The molecule has 2 aromatic heterocycles. The van der Waals surface area contributed by atoms with Gasteiger partial charge in [-0.05, 0) is 12.1 Å². The maximum absolute atomic E-state index is 4.03. The summed E-state index contributed by atoms with van der Waals surface area (Å²) in [6, 6.07) is 3.80. The van der Waals surface area contributed by atoms with Crippen LogP contribution in [0, 0.1) is 0 Å². The molecule has 0 amide bonds. The predicted octanol–water partition coefficient (Wildman–Crippen LogP) is 1.87. The van der Waals surface area contributed by atoms with Crippen molar-refractivity contribution in [2.24, 2.45) is 0 Å². The van der Waals surface area contributed by atoms with E-state index in [1.165, 1.54) is 6.33 Å². The van der Waals surface area contributed by atoms with E-state index in [4.69, 9.17) is 0 Å². The zero-order chi connectivity index (χ0) is 6.81. The summed E-state index contributed by atoms with van der Waals surface area (Å²) in [6.45, 7) is 0. The van der Waals surface area contributed by atoms with Crippen molar-refractivity contribution in [3.05, 3.63) is 30.9 Å². The molecule has 0 bridgehead atoms. The molecule has 0 spiro atoms. The quantitative estimate of drug-likeness (QED) is 0.657. The van der Waals surface area contributed by atoms with Gasteiger partial charge in [-0.25, -0.2) is 15.0 Å². The Morgan fingerprint density at radius 1 is 1.08 bits per heavy atom. The van der Waals surface area contributed by atoms with E-state index in [0.717, 1.165) is 11.0 Å². The molecule has 2 rings (SSSR count). The highest BCUT2D eigenvalue weighted by Gasteiger charge is 1.89. The highest BCUT2D eigenvalue weighted by molar-refractivity contribution is 5.85. The van der Waals surface area contributed by atoms with Crippen LogP contribution in [-0.4, -0.2) is 15.0 Å². The van der Waals surface area contributed by atoms with Gasteiger partial charge in [-0.1, -0.05) is 0 Å². The van der Waals surface area contributed by atoms with Gasteiger partial charge < -0.3 is 0 Å². The van der Waals surface area contributed by atoms with Crippen LogP contribution in [0.15, 0.2) is 30.9 Å². The van der Waals surface area contributed by atoms with E-state index in [1.807, 2.05) is 12.1 Å². The monoisotopic (exact) mass is 203 g/mol. The molecule has 0 aromatic carbocycles. The zero-order valence-corrected chi connectivity index (χ0v) is 7.68. The lowest BCUT2D eigenvalue weighted by Crippen LogP contribution is -1.82. The Morgan fingerprint density at radius 3 is 2.67 bits per heavy atom. The number of hydrogen-bond acceptors (Lipinski definition) is 3. The SMILES string of the molecule is Cl.Cl.c1cnc2ncncc2c1. The average Bonchev–Trinajstić information content (AvgIpc) is 2.05. The largest absolute Gasteiger partial charge is 0.244 e. The molecule has 2 heterocycles. The first-order valence-electron chi connectivity index (χ1n) is 2.97. The highest BCUT2D eigenvalue weighted by atomic mass is 35.5. The third kappa shape index (κ3) is 2.03. The second kappa shape index (κ2) is 4.85. The number of halogens is 2. The number of hydrogen-bond donors (Lipinski definition) is 0. The van der Waals surface area contributed by atoms with Gasteiger partial charge in [-0.15, -0.1) is 24.8 Å². The van der Waals surface area contributed by atoms with E-state index in [0.29, 0.717) is 0 Å². The van der Waals surface area contributed by atoms with Crippen LogP contribution in [-0.2, 0) is 0 Å². The van der Waals surface area contributed by atoms with Crippen molar-refractivity contribution in [2.45, 2.75) is 0 Å². The van der Waals surface area contributed by atoms with Crippen molar-refractivity contribution < 1.29 is 0 Å². The zero-order valence-electron chi connectivity index (χ0n) is 6.04. The van der Waals surface area contributed by atoms with Crippen molar-refractivity contribution in [2.75, 3.05) is 0 Å². The van der Waals surface area contributed by atoms with Crippen LogP contribution in [0.1, 0.15) is 0 Å². The molecule has 0 unspecified atom stereocenters. The fourth-order valence-corrected chi connectivity index (χ4v) is 0.820. The molecule has 0 atom stereocenters. The molecular weight excluding hydrogens is 197 g/mol. The molecule has 0 saturated carbocycles. The number of pyridine rings is 1. The second-order valence-electron chi connectivity index (χ2n) is 1.94. The maximum Gasteiger partial charge on any atom is 0.162 e. The normalized spacial score (nSPS) is 8.33. The summed E-state index contributed by atoms with van der Waals surface area (Å²) in [5.74, 6) is 0. The maximum atomic E-state index is 4.03. The van der Waals surface area contributed by atoms with Crippen LogP contribution >= 0.6 is 24.8 Å². The average molecular weight is 204 g/mol. The van der Waals surface area contributed by atoms with Crippen LogP contribution in [0.25, 0.3) is 11.0 Å². The Balaban J connectivity index is 0.000000605. The molecule has 0 N–H and O–H groups in total. The van der Waals surface area contributed by atoms with Gasteiger partial charge in [0.25, 0.3) is 0 Å². The van der Waals surface area contributed by atoms with Gasteiger partial charge in [0.05, 0.1) is 0 Å². The number of rotatable bonds is 0. The van der Waals surface area contributed by atoms with Crippen molar-refractivity contribution in [1.29, 1.82) is 0 Å². The predicted molar refractivity (Wildman–Crippen MR) is 51.8 cm³/mol. The first kappa shape index (κ1) is 11.1. The number of fused-ring (bicyclic) bond motifs is 1. The minimum absolute atomic E-state index is 0. The first-order chi connectivity index (χ1) is 4.97. The molecule has 12 heavy (non-hydrogen) atoms. The van der Waals surface area contributed by atoms with Gasteiger partial charge in [0.15, 0.2) is 5.65 Å². The van der Waals surface area contributed by atoms with Crippen molar-refractivity contribution in [1.82, 2.24) is 15.0 Å². The minimum Gasteiger partial charge on any atom is -0.244 e. The Kier molecular flexibility index (Phi) is 4.47. The number of nitrogens with zero attached hydrogens (tertiary/aromatic N) is 3. The van der Waals surface area contributed by atoms with Crippen LogP contribution in [0.4, 0.5) is 0 Å². The lowest BCUT2D eigenvalue weighted by molar-refractivity contribution is 1.18. The second-order valence-corrected chi connectivity index (χ2v) is 1.94. The molecule has 0 radical (unpaired) electrons. The first-order valence-corrected chi connectivity index (χ1v) is 2.97. The van der Waals surface area contributed by atoms with E-state index in [-0.39, 0.29) is 24.8 Å². The van der Waals surface area contributed by atoms with Gasteiger partial charge in [0.2, 0.25) is 0 Å². The van der Waals surface area contributed by atoms with Gasteiger partial charge >= 0.3 is 0 Å². The molecule has 0 aliphatic heterocycles. The summed E-state index contributed by atoms with van der Waals surface area (Å²) < 4.78 is 0. The summed E-state index contributed by atoms with van der Waals surface area (Å²) in [4.78, 5) is 11.9. The van der Waals surface area contributed by atoms with E-state index in [9.17, 15) is 0 Å². The highest BCUT2D eigenvalue weighted by Crippen LogP contribution is 2.02. The molecule has 64 valence electrons. The van der Waals surface area contributed by atoms with E-state index < -0.39 is 0 Å². The third-order valence-electron chi connectivity index (χ3n) is 1.28. The van der Waals surface area contributed by atoms with E-state index in [1.54, 1.807) is 12.4 Å². The summed E-state index contributed by atoms with van der Waals surface area (Å²) in [7, 11) is 0. The fourth-order valence-electron chi connectivity index (χ4n) is 0.820. The Hall–Kier alpha value is -0.930. The smallest absolute Gasteiger partial charge is 0.162 e. The van der Waals surface area contributed by atoms with Gasteiger partial charge in [0.1, 0.15) is 6.33 Å². The van der Waals surface area contributed by atoms with Crippen molar-refractivity contribution in [3.8, 4) is 0 Å². The van der Waals surface area contributed by atoms with Crippen LogP contribution in [0.2, 0.25) is 0 Å². The Labute approximate surface area is 82.1 Å². The van der Waals surface area contributed by atoms with Gasteiger partial charge in [-0.3, -0.25) is 0 Å². The van der Waals surface area contributed by atoms with Crippen LogP contribution < -0.4 is 0 Å². The van der Waals surface area contributed by atoms with Gasteiger partial charge in [-0.2, -0.15) is 0 Å². The topological polar surface area (TPSA) is 38.7 Å². The molecule has 0 saturated heterocycles. The van der Waals surface area contributed by atoms with Crippen LogP contribution in [0.5, 0.6) is 0 Å². The molecule has 5 heteroatoms. The lowest BCUT2D eigenvalue weighted by atomic mass is 10.3. The molecule has 0 aliphatic rings. The molecule has 0 aliphatic carbocycles. The van der Waals surface area contributed by atoms with Crippen molar-refractivity contribution >= 4 is 35.8 Å². The summed E-state index contributed by atoms with van der Waals surface area (Å²) in [5, 5.41) is 0.977. The van der Waals surface area contributed by atoms with Gasteiger partial charge in [0, 0.05) is 17.8 Å². The summed E-state index contributed by atoms with van der Waals surface area (Å²) >= 11 is 0. The number of aromatic nitrogens is 3. The van der Waals surface area contributed by atoms with Crippen LogP contribution in [0.3, 0.4) is 0 Å². The fraction of sp³-hybridized carbons (Fsp3) is 0. The third-order valence-corrected chi connectivity index (χ3v) is 1.28.